The number of carbonyl (C=O) groups is 2. The first-order chi connectivity index (χ1) is 16.0. The largest absolute Gasteiger partial charge is 0.339 e. The molecule has 174 valence electrons. The third-order valence-corrected chi connectivity index (χ3v) is 7.36. The normalized spacial score (nSPS) is 22.7. The molecular formula is C25H28F2N4O2. The minimum absolute atomic E-state index is 0.0299. The van der Waals surface area contributed by atoms with E-state index in [4.69, 9.17) is 0 Å². The zero-order valence-electron chi connectivity index (χ0n) is 18.5. The molecule has 2 amide bonds. The molecule has 0 bridgehead atoms. The molecule has 3 aliphatic rings. The highest BCUT2D eigenvalue weighted by atomic mass is 19.2. The van der Waals surface area contributed by atoms with Gasteiger partial charge in [0.05, 0.1) is 6.67 Å². The van der Waals surface area contributed by atoms with Gasteiger partial charge in [0.25, 0.3) is 5.91 Å². The van der Waals surface area contributed by atoms with E-state index in [1.807, 2.05) is 30.3 Å². The Kier molecular flexibility index (Phi) is 5.78. The van der Waals surface area contributed by atoms with E-state index in [2.05, 4.69) is 15.1 Å². The number of para-hydroxylation sites is 1. The van der Waals surface area contributed by atoms with Gasteiger partial charge in [0.15, 0.2) is 11.6 Å². The van der Waals surface area contributed by atoms with E-state index in [1.54, 1.807) is 4.90 Å². The smallest absolute Gasteiger partial charge is 0.254 e. The Labute approximate surface area is 192 Å². The van der Waals surface area contributed by atoms with Gasteiger partial charge in [-0.2, -0.15) is 0 Å². The number of anilines is 1. The number of hydrogen-bond donors (Lipinski definition) is 1. The van der Waals surface area contributed by atoms with E-state index in [1.165, 1.54) is 6.07 Å². The fourth-order valence-electron chi connectivity index (χ4n) is 5.52. The average Bonchev–Trinajstić information content (AvgIpc) is 3.42. The number of benzene rings is 2. The second-order valence-corrected chi connectivity index (χ2v) is 9.18. The van der Waals surface area contributed by atoms with Crippen molar-refractivity contribution >= 4 is 17.5 Å². The van der Waals surface area contributed by atoms with Gasteiger partial charge in [-0.1, -0.05) is 18.2 Å². The molecule has 0 aromatic heterocycles. The number of nitrogens with zero attached hydrogens (tertiary/aromatic N) is 3. The lowest BCUT2D eigenvalue weighted by Gasteiger charge is -2.44. The fourth-order valence-corrected chi connectivity index (χ4v) is 5.52. The maximum atomic E-state index is 13.6. The van der Waals surface area contributed by atoms with Crippen molar-refractivity contribution in [1.29, 1.82) is 0 Å². The fraction of sp³-hybridized carbons (Fsp3) is 0.440. The van der Waals surface area contributed by atoms with Gasteiger partial charge < -0.3 is 20.0 Å². The van der Waals surface area contributed by atoms with Crippen molar-refractivity contribution in [2.24, 2.45) is 0 Å². The van der Waals surface area contributed by atoms with Crippen LogP contribution in [-0.2, 0) is 4.79 Å². The minimum atomic E-state index is -1.00. The molecule has 1 spiro atoms. The van der Waals surface area contributed by atoms with Gasteiger partial charge >= 0.3 is 0 Å². The number of amides is 2. The molecule has 3 heterocycles. The molecule has 33 heavy (non-hydrogen) atoms. The van der Waals surface area contributed by atoms with Gasteiger partial charge in [0.1, 0.15) is 5.54 Å². The molecular weight excluding hydrogens is 426 g/mol. The van der Waals surface area contributed by atoms with E-state index >= 15 is 0 Å². The Morgan fingerprint density at radius 1 is 1.03 bits per heavy atom. The summed E-state index contributed by atoms with van der Waals surface area (Å²) in [4.78, 5) is 32.1. The van der Waals surface area contributed by atoms with Crippen molar-refractivity contribution in [3.8, 4) is 0 Å². The number of piperidine rings is 1. The summed E-state index contributed by atoms with van der Waals surface area (Å²) in [5.74, 6) is -2.12. The molecule has 5 rings (SSSR count). The van der Waals surface area contributed by atoms with Gasteiger partial charge in [-0.05, 0) is 56.0 Å². The number of likely N-dealkylation sites (tertiary alicyclic amines) is 2. The number of halogens is 2. The van der Waals surface area contributed by atoms with Crippen molar-refractivity contribution < 1.29 is 18.4 Å². The molecule has 1 atom stereocenters. The van der Waals surface area contributed by atoms with Crippen molar-refractivity contribution in [2.75, 3.05) is 37.7 Å². The summed E-state index contributed by atoms with van der Waals surface area (Å²) in [6, 6.07) is 13.4. The molecule has 6 nitrogen and oxygen atoms in total. The third-order valence-electron chi connectivity index (χ3n) is 7.36. The highest BCUT2D eigenvalue weighted by molar-refractivity contribution is 5.95. The second-order valence-electron chi connectivity index (χ2n) is 9.18. The van der Waals surface area contributed by atoms with Crippen LogP contribution in [-0.4, -0.2) is 66.0 Å². The van der Waals surface area contributed by atoms with E-state index < -0.39 is 17.2 Å². The highest BCUT2D eigenvalue weighted by Crippen LogP contribution is 2.36. The van der Waals surface area contributed by atoms with Crippen molar-refractivity contribution in [3.05, 3.63) is 65.7 Å². The van der Waals surface area contributed by atoms with Gasteiger partial charge in [-0.3, -0.25) is 9.59 Å². The molecule has 0 aliphatic carbocycles. The first-order valence-corrected chi connectivity index (χ1v) is 11.6. The van der Waals surface area contributed by atoms with E-state index in [0.717, 1.165) is 63.1 Å². The molecule has 0 saturated carbocycles. The van der Waals surface area contributed by atoms with Crippen LogP contribution in [0.15, 0.2) is 48.5 Å². The van der Waals surface area contributed by atoms with Crippen LogP contribution in [0.1, 0.15) is 36.0 Å². The number of rotatable bonds is 4. The SMILES string of the molecule is O=C(c1ccc(F)c(F)c1)N1CCC[C@@H]1CN1CCC2(CC1)C(=O)NCN2c1ccccc1. The Bertz CT molecular complexity index is 1040. The molecule has 1 N–H and O–H groups in total. The second kappa shape index (κ2) is 8.74. The van der Waals surface area contributed by atoms with Crippen LogP contribution in [0.5, 0.6) is 0 Å². The van der Waals surface area contributed by atoms with E-state index in [-0.39, 0.29) is 23.4 Å². The third kappa shape index (κ3) is 3.97. The predicted octanol–water partition coefficient (Wildman–Crippen LogP) is 3.00. The van der Waals surface area contributed by atoms with Crippen LogP contribution in [0.3, 0.4) is 0 Å². The lowest BCUT2D eigenvalue weighted by Crippen LogP contribution is -2.57. The quantitative estimate of drug-likeness (QED) is 0.772. The summed E-state index contributed by atoms with van der Waals surface area (Å²) in [5.41, 5.74) is 0.692. The van der Waals surface area contributed by atoms with Crippen LogP contribution < -0.4 is 10.2 Å². The molecule has 3 fully saturated rings. The summed E-state index contributed by atoms with van der Waals surface area (Å²) in [5, 5.41) is 3.02. The summed E-state index contributed by atoms with van der Waals surface area (Å²) in [6.45, 7) is 3.38. The van der Waals surface area contributed by atoms with Crippen molar-refractivity contribution in [3.63, 3.8) is 0 Å². The highest BCUT2D eigenvalue weighted by Gasteiger charge is 2.50. The van der Waals surface area contributed by atoms with Gasteiger partial charge in [-0.15, -0.1) is 0 Å². The first-order valence-electron chi connectivity index (χ1n) is 11.6. The van der Waals surface area contributed by atoms with Gasteiger partial charge in [0.2, 0.25) is 5.91 Å². The van der Waals surface area contributed by atoms with E-state index in [0.29, 0.717) is 13.2 Å². The zero-order chi connectivity index (χ0) is 23.0. The van der Waals surface area contributed by atoms with Crippen molar-refractivity contribution in [1.82, 2.24) is 15.1 Å². The Morgan fingerprint density at radius 3 is 2.52 bits per heavy atom. The maximum Gasteiger partial charge on any atom is 0.254 e. The van der Waals surface area contributed by atoms with Crippen LogP contribution in [0.4, 0.5) is 14.5 Å². The molecule has 2 aromatic rings. The summed E-state index contributed by atoms with van der Waals surface area (Å²) >= 11 is 0. The molecule has 0 radical (unpaired) electrons. The Balaban J connectivity index is 1.24. The molecule has 0 unspecified atom stereocenters. The summed E-state index contributed by atoms with van der Waals surface area (Å²) in [7, 11) is 0. The predicted molar refractivity (Wildman–Crippen MR) is 121 cm³/mol. The summed E-state index contributed by atoms with van der Waals surface area (Å²) in [6.07, 6.45) is 3.21. The van der Waals surface area contributed by atoms with Crippen molar-refractivity contribution in [2.45, 2.75) is 37.3 Å². The maximum absolute atomic E-state index is 13.6. The number of carbonyl (C=O) groups excluding carboxylic acids is 2. The number of nitrogens with one attached hydrogen (secondary N) is 1. The monoisotopic (exact) mass is 454 g/mol. The zero-order valence-corrected chi connectivity index (χ0v) is 18.5. The lowest BCUT2D eigenvalue weighted by molar-refractivity contribution is -0.125. The molecule has 2 aromatic carbocycles. The average molecular weight is 455 g/mol. The first kappa shape index (κ1) is 21.8. The van der Waals surface area contributed by atoms with Crippen LogP contribution in [0.25, 0.3) is 0 Å². The van der Waals surface area contributed by atoms with Gasteiger partial charge in [-0.25, -0.2) is 8.78 Å². The molecule has 8 heteroatoms. The van der Waals surface area contributed by atoms with Gasteiger partial charge in [0, 0.05) is 43.5 Å². The standard InChI is InChI=1S/C25H28F2N4O2/c26-21-9-8-18(15-22(21)27)23(32)30-12-4-7-20(30)16-29-13-10-25(11-14-29)24(33)28-17-31(25)19-5-2-1-3-6-19/h1-3,5-6,8-9,15,20H,4,7,10-14,16-17H2,(H,28,33)/t20-/m1/s1. The molecule has 3 saturated heterocycles. The molecule has 3 aliphatic heterocycles. The van der Waals surface area contributed by atoms with E-state index in [9.17, 15) is 18.4 Å². The van der Waals surface area contributed by atoms with Crippen LogP contribution in [0.2, 0.25) is 0 Å². The Hall–Kier alpha value is -3.00. The van der Waals surface area contributed by atoms with Crippen LogP contribution in [0, 0.1) is 11.6 Å². The summed E-state index contributed by atoms with van der Waals surface area (Å²) < 4.78 is 26.9. The lowest BCUT2D eigenvalue weighted by atomic mass is 9.85. The topological polar surface area (TPSA) is 55.9 Å². The minimum Gasteiger partial charge on any atom is -0.339 e. The van der Waals surface area contributed by atoms with Crippen LogP contribution >= 0.6 is 0 Å². The number of hydrogen-bond acceptors (Lipinski definition) is 4. The Morgan fingerprint density at radius 2 is 1.79 bits per heavy atom.